The van der Waals surface area contributed by atoms with Crippen LogP contribution in [0, 0.1) is 5.82 Å². The molecule has 1 atom stereocenters. The lowest BCUT2D eigenvalue weighted by Crippen LogP contribution is -2.28. The van der Waals surface area contributed by atoms with Crippen LogP contribution in [0.3, 0.4) is 0 Å². The van der Waals surface area contributed by atoms with E-state index in [4.69, 9.17) is 4.74 Å². The van der Waals surface area contributed by atoms with E-state index in [0.717, 1.165) is 12.8 Å². The molecule has 3 rings (SSSR count). The zero-order chi connectivity index (χ0) is 19.6. The Bertz CT molecular complexity index is 958. The van der Waals surface area contributed by atoms with Gasteiger partial charge in [0.15, 0.2) is 11.6 Å². The lowest BCUT2D eigenvalue weighted by molar-refractivity contribution is 0.0939. The topological polar surface area (TPSA) is 84.5 Å². The minimum atomic E-state index is -3.64. The van der Waals surface area contributed by atoms with Crippen molar-refractivity contribution in [1.82, 2.24) is 10.0 Å². The summed E-state index contributed by atoms with van der Waals surface area (Å²) >= 11 is 0. The van der Waals surface area contributed by atoms with E-state index >= 15 is 0 Å². The van der Waals surface area contributed by atoms with Gasteiger partial charge in [-0.2, -0.15) is 0 Å². The quantitative estimate of drug-likeness (QED) is 0.759. The van der Waals surface area contributed by atoms with Crippen molar-refractivity contribution in [2.24, 2.45) is 0 Å². The first-order chi connectivity index (χ1) is 12.8. The second-order valence-electron chi connectivity index (χ2n) is 6.51. The number of carbonyl (C=O) groups is 1. The SMILES string of the molecule is COc1ccc(C(C)NC(=O)c2cccc(S(=O)(=O)NC3CC3)c2)cc1F. The van der Waals surface area contributed by atoms with Crippen LogP contribution < -0.4 is 14.8 Å². The summed E-state index contributed by atoms with van der Waals surface area (Å²) in [5, 5.41) is 2.75. The third kappa shape index (κ3) is 4.64. The van der Waals surface area contributed by atoms with Crippen LogP contribution in [0.4, 0.5) is 4.39 Å². The Morgan fingerprint density at radius 1 is 1.22 bits per heavy atom. The molecule has 0 saturated heterocycles. The van der Waals surface area contributed by atoms with E-state index in [-0.39, 0.29) is 22.3 Å². The van der Waals surface area contributed by atoms with E-state index in [1.807, 2.05) is 0 Å². The highest BCUT2D eigenvalue weighted by Gasteiger charge is 2.28. The Morgan fingerprint density at radius 3 is 2.59 bits per heavy atom. The van der Waals surface area contributed by atoms with Crippen LogP contribution in [0.2, 0.25) is 0 Å². The van der Waals surface area contributed by atoms with Gasteiger partial charge in [0.2, 0.25) is 10.0 Å². The predicted molar refractivity (Wildman–Crippen MR) is 98.6 cm³/mol. The van der Waals surface area contributed by atoms with Crippen molar-refractivity contribution in [3.05, 3.63) is 59.4 Å². The summed E-state index contributed by atoms with van der Waals surface area (Å²) in [6, 6.07) is 9.80. The summed E-state index contributed by atoms with van der Waals surface area (Å²) in [5.74, 6) is -0.837. The van der Waals surface area contributed by atoms with Gasteiger partial charge < -0.3 is 10.1 Å². The Kier molecular flexibility index (Phi) is 5.48. The van der Waals surface area contributed by atoms with E-state index in [2.05, 4.69) is 10.0 Å². The van der Waals surface area contributed by atoms with Gasteiger partial charge in [-0.1, -0.05) is 12.1 Å². The predicted octanol–water partition coefficient (Wildman–Crippen LogP) is 2.77. The number of hydrogen-bond acceptors (Lipinski definition) is 4. The van der Waals surface area contributed by atoms with Crippen LogP contribution in [0.1, 0.15) is 41.7 Å². The molecule has 0 aromatic heterocycles. The number of rotatable bonds is 7. The second kappa shape index (κ2) is 7.66. The van der Waals surface area contributed by atoms with Crippen molar-refractivity contribution < 1.29 is 22.3 Å². The molecule has 1 saturated carbocycles. The number of halogens is 1. The highest BCUT2D eigenvalue weighted by Crippen LogP contribution is 2.24. The Morgan fingerprint density at radius 2 is 1.96 bits per heavy atom. The van der Waals surface area contributed by atoms with E-state index in [1.165, 1.54) is 43.5 Å². The second-order valence-corrected chi connectivity index (χ2v) is 8.23. The highest BCUT2D eigenvalue weighted by molar-refractivity contribution is 7.89. The average molecular weight is 392 g/mol. The van der Waals surface area contributed by atoms with Gasteiger partial charge in [0.05, 0.1) is 18.0 Å². The zero-order valence-electron chi connectivity index (χ0n) is 15.0. The molecule has 0 heterocycles. The lowest BCUT2D eigenvalue weighted by atomic mass is 10.1. The molecule has 144 valence electrons. The van der Waals surface area contributed by atoms with Gasteiger partial charge in [-0.3, -0.25) is 4.79 Å². The normalized spacial score (nSPS) is 15.2. The van der Waals surface area contributed by atoms with Crippen LogP contribution in [0.5, 0.6) is 5.75 Å². The maximum absolute atomic E-state index is 13.9. The van der Waals surface area contributed by atoms with Gasteiger partial charge in [-0.05, 0) is 55.7 Å². The Balaban J connectivity index is 1.74. The van der Waals surface area contributed by atoms with Crippen LogP contribution >= 0.6 is 0 Å². The molecular formula is C19H21FN2O4S. The van der Waals surface area contributed by atoms with Gasteiger partial charge >= 0.3 is 0 Å². The number of methoxy groups -OCH3 is 1. The molecule has 8 heteroatoms. The van der Waals surface area contributed by atoms with Crippen molar-refractivity contribution in [3.8, 4) is 5.75 Å². The number of ether oxygens (including phenoxy) is 1. The van der Waals surface area contributed by atoms with E-state index in [1.54, 1.807) is 13.0 Å². The van der Waals surface area contributed by atoms with E-state index in [0.29, 0.717) is 5.56 Å². The summed E-state index contributed by atoms with van der Waals surface area (Å²) in [7, 11) is -2.26. The molecule has 2 N–H and O–H groups in total. The van der Waals surface area contributed by atoms with Gasteiger partial charge in [0.25, 0.3) is 5.91 Å². The molecule has 0 spiro atoms. The summed E-state index contributed by atoms with van der Waals surface area (Å²) in [4.78, 5) is 12.6. The van der Waals surface area contributed by atoms with Crippen molar-refractivity contribution in [1.29, 1.82) is 0 Å². The lowest BCUT2D eigenvalue weighted by Gasteiger charge is -2.16. The number of carbonyl (C=O) groups excluding carboxylic acids is 1. The minimum Gasteiger partial charge on any atom is -0.494 e. The maximum atomic E-state index is 13.9. The smallest absolute Gasteiger partial charge is 0.251 e. The maximum Gasteiger partial charge on any atom is 0.251 e. The first-order valence-electron chi connectivity index (χ1n) is 8.57. The summed E-state index contributed by atoms with van der Waals surface area (Å²) in [6.07, 6.45) is 1.66. The first-order valence-corrected chi connectivity index (χ1v) is 10.0. The van der Waals surface area contributed by atoms with Gasteiger partial charge in [-0.15, -0.1) is 0 Å². The summed E-state index contributed by atoms with van der Waals surface area (Å²) in [6.45, 7) is 1.72. The van der Waals surface area contributed by atoms with Crippen molar-refractivity contribution in [2.45, 2.75) is 36.7 Å². The van der Waals surface area contributed by atoms with E-state index in [9.17, 15) is 17.6 Å². The van der Waals surface area contributed by atoms with Crippen molar-refractivity contribution in [2.75, 3.05) is 7.11 Å². The minimum absolute atomic E-state index is 0.0162. The van der Waals surface area contributed by atoms with Crippen LogP contribution in [-0.4, -0.2) is 27.5 Å². The zero-order valence-corrected chi connectivity index (χ0v) is 15.8. The van der Waals surface area contributed by atoms with Gasteiger partial charge in [0.1, 0.15) is 0 Å². The molecule has 0 radical (unpaired) electrons. The van der Waals surface area contributed by atoms with Crippen LogP contribution in [0.15, 0.2) is 47.4 Å². The molecule has 1 aliphatic rings. The van der Waals surface area contributed by atoms with Gasteiger partial charge in [-0.25, -0.2) is 17.5 Å². The molecular weight excluding hydrogens is 371 g/mol. The third-order valence-electron chi connectivity index (χ3n) is 4.33. The number of amides is 1. The Hall–Kier alpha value is -2.45. The molecule has 1 fully saturated rings. The summed E-state index contributed by atoms with van der Waals surface area (Å²) in [5.41, 5.74) is 0.787. The van der Waals surface area contributed by atoms with Crippen molar-refractivity contribution in [3.63, 3.8) is 0 Å². The monoisotopic (exact) mass is 392 g/mol. The molecule has 27 heavy (non-hydrogen) atoms. The number of nitrogens with one attached hydrogen (secondary N) is 2. The fourth-order valence-electron chi connectivity index (χ4n) is 2.61. The van der Waals surface area contributed by atoms with Crippen LogP contribution in [0.25, 0.3) is 0 Å². The van der Waals surface area contributed by atoms with E-state index < -0.39 is 27.8 Å². The molecule has 6 nitrogen and oxygen atoms in total. The molecule has 0 bridgehead atoms. The fourth-order valence-corrected chi connectivity index (χ4v) is 3.96. The molecule has 2 aromatic carbocycles. The molecule has 1 aliphatic carbocycles. The average Bonchev–Trinajstić information content (AvgIpc) is 3.45. The standard InChI is InChI=1S/C19H21FN2O4S/c1-12(13-6-9-18(26-2)17(20)11-13)21-19(23)14-4-3-5-16(10-14)27(24,25)22-15-7-8-15/h3-6,9-12,15,22H,7-8H2,1-2H3,(H,21,23). The fraction of sp³-hybridized carbons (Fsp3) is 0.316. The highest BCUT2D eigenvalue weighted by atomic mass is 32.2. The number of hydrogen-bond donors (Lipinski definition) is 2. The first kappa shape index (κ1) is 19.3. The molecule has 1 amide bonds. The molecule has 2 aromatic rings. The summed E-state index contributed by atoms with van der Waals surface area (Å²) < 4.78 is 45.9. The largest absolute Gasteiger partial charge is 0.494 e. The third-order valence-corrected chi connectivity index (χ3v) is 5.85. The number of sulfonamides is 1. The van der Waals surface area contributed by atoms with Crippen molar-refractivity contribution >= 4 is 15.9 Å². The Labute approximate surface area is 157 Å². The molecule has 0 aliphatic heterocycles. The van der Waals surface area contributed by atoms with Crippen LogP contribution in [-0.2, 0) is 10.0 Å². The van der Waals surface area contributed by atoms with Gasteiger partial charge in [0, 0.05) is 11.6 Å². The number of benzene rings is 2. The molecule has 1 unspecified atom stereocenters.